The van der Waals surface area contributed by atoms with Gasteiger partial charge in [0.05, 0.1) is 34.8 Å². The van der Waals surface area contributed by atoms with Gasteiger partial charge in [-0.15, -0.1) is 0 Å². The highest BCUT2D eigenvalue weighted by atomic mass is 35.5. The molecule has 0 N–H and O–H groups in total. The second-order valence-corrected chi connectivity index (χ2v) is 6.93. The number of aryl methyl sites for hydroxylation is 1. The van der Waals surface area contributed by atoms with Crippen LogP contribution in [0.4, 0.5) is 18.9 Å². The summed E-state index contributed by atoms with van der Waals surface area (Å²) in [5.41, 5.74) is 1.27. The number of esters is 1. The van der Waals surface area contributed by atoms with Crippen molar-refractivity contribution in [3.05, 3.63) is 63.7 Å². The Kier molecular flexibility index (Phi) is 7.67. The van der Waals surface area contributed by atoms with Gasteiger partial charge in [0.2, 0.25) is 0 Å². The Hall–Kier alpha value is -2.54. The van der Waals surface area contributed by atoms with E-state index in [9.17, 15) is 18.0 Å². The maximum absolute atomic E-state index is 12.8. The zero-order chi connectivity index (χ0) is 21.6. The molecule has 0 aliphatic rings. The third-order valence-electron chi connectivity index (χ3n) is 4.28. The Morgan fingerprint density at radius 3 is 2.66 bits per heavy atom. The first-order valence-electron chi connectivity index (χ1n) is 8.99. The molecular formula is C21H22ClF3N2O2. The van der Waals surface area contributed by atoms with Crippen molar-refractivity contribution in [1.82, 2.24) is 4.90 Å². The quantitative estimate of drug-likeness (QED) is 0.325. The fraction of sp³-hybridized carbons (Fsp3) is 0.333. The highest BCUT2D eigenvalue weighted by Gasteiger charge is 2.30. The molecule has 29 heavy (non-hydrogen) atoms. The van der Waals surface area contributed by atoms with E-state index in [1.54, 1.807) is 31.5 Å². The number of hydrogen-bond acceptors (Lipinski definition) is 3. The Morgan fingerprint density at radius 1 is 1.28 bits per heavy atom. The van der Waals surface area contributed by atoms with Crippen LogP contribution in [0.1, 0.15) is 34.0 Å². The SMILES string of the molecule is CCN(C)C=Nc1cc(Cl)c(C(=O)OCCc2cccc(C(F)(F)F)c2)cc1C. The molecule has 0 bridgehead atoms. The van der Waals surface area contributed by atoms with Crippen LogP contribution in [0.15, 0.2) is 41.4 Å². The summed E-state index contributed by atoms with van der Waals surface area (Å²) >= 11 is 6.20. The van der Waals surface area contributed by atoms with Gasteiger partial charge in [0.1, 0.15) is 0 Å². The van der Waals surface area contributed by atoms with Crippen LogP contribution in [0, 0.1) is 6.92 Å². The summed E-state index contributed by atoms with van der Waals surface area (Å²) in [6.07, 6.45) is -2.57. The van der Waals surface area contributed by atoms with Crippen LogP contribution in [-0.2, 0) is 17.3 Å². The van der Waals surface area contributed by atoms with Gasteiger partial charge in [0.15, 0.2) is 0 Å². The molecule has 0 saturated heterocycles. The summed E-state index contributed by atoms with van der Waals surface area (Å²) in [7, 11) is 1.89. The lowest BCUT2D eigenvalue weighted by molar-refractivity contribution is -0.137. The van der Waals surface area contributed by atoms with Crippen molar-refractivity contribution in [2.75, 3.05) is 20.2 Å². The van der Waals surface area contributed by atoms with Gasteiger partial charge in [-0.25, -0.2) is 9.79 Å². The molecule has 0 radical (unpaired) electrons. The number of benzene rings is 2. The summed E-state index contributed by atoms with van der Waals surface area (Å²) in [5, 5.41) is 0.200. The Labute approximate surface area is 173 Å². The van der Waals surface area contributed by atoms with Gasteiger partial charge in [0.25, 0.3) is 0 Å². The number of rotatable bonds is 7. The van der Waals surface area contributed by atoms with Crippen LogP contribution in [0.25, 0.3) is 0 Å². The predicted octanol–water partition coefficient (Wildman–Crippen LogP) is 5.68. The first-order chi connectivity index (χ1) is 13.6. The number of carbonyl (C=O) groups excluding carboxylic acids is 1. The van der Waals surface area contributed by atoms with E-state index < -0.39 is 17.7 Å². The lowest BCUT2D eigenvalue weighted by Gasteiger charge is -2.11. The molecule has 0 fully saturated rings. The molecule has 8 heteroatoms. The van der Waals surface area contributed by atoms with Crippen LogP contribution in [0.3, 0.4) is 0 Å². The number of carbonyl (C=O) groups is 1. The minimum Gasteiger partial charge on any atom is -0.462 e. The van der Waals surface area contributed by atoms with Gasteiger partial charge in [-0.05, 0) is 43.2 Å². The van der Waals surface area contributed by atoms with E-state index in [-0.39, 0.29) is 23.6 Å². The van der Waals surface area contributed by atoms with Crippen molar-refractivity contribution in [2.45, 2.75) is 26.4 Å². The lowest BCUT2D eigenvalue weighted by atomic mass is 10.1. The summed E-state index contributed by atoms with van der Waals surface area (Å²) < 4.78 is 43.5. The summed E-state index contributed by atoms with van der Waals surface area (Å²) in [4.78, 5) is 18.6. The van der Waals surface area contributed by atoms with Gasteiger partial charge in [-0.3, -0.25) is 0 Å². The molecule has 0 spiro atoms. The predicted molar refractivity (Wildman–Crippen MR) is 108 cm³/mol. The van der Waals surface area contributed by atoms with E-state index in [2.05, 4.69) is 4.99 Å². The summed E-state index contributed by atoms with van der Waals surface area (Å²) in [5.74, 6) is -0.633. The van der Waals surface area contributed by atoms with Gasteiger partial charge in [-0.1, -0.05) is 29.8 Å². The van der Waals surface area contributed by atoms with Crippen molar-refractivity contribution < 1.29 is 22.7 Å². The second-order valence-electron chi connectivity index (χ2n) is 6.52. The van der Waals surface area contributed by atoms with Gasteiger partial charge in [0, 0.05) is 20.0 Å². The van der Waals surface area contributed by atoms with E-state index in [1.807, 2.05) is 18.9 Å². The zero-order valence-corrected chi connectivity index (χ0v) is 17.1. The average Bonchev–Trinajstić information content (AvgIpc) is 2.67. The third-order valence-corrected chi connectivity index (χ3v) is 4.59. The Morgan fingerprint density at radius 2 is 2.00 bits per heavy atom. The number of nitrogens with zero attached hydrogens (tertiary/aromatic N) is 2. The number of aliphatic imine (C=N–C) groups is 1. The largest absolute Gasteiger partial charge is 0.462 e. The monoisotopic (exact) mass is 426 g/mol. The minimum absolute atomic E-state index is 0.0588. The van der Waals surface area contributed by atoms with Crippen LogP contribution in [0.5, 0.6) is 0 Å². The molecule has 0 heterocycles. The second kappa shape index (κ2) is 9.78. The zero-order valence-electron chi connectivity index (χ0n) is 16.4. The fourth-order valence-electron chi connectivity index (χ4n) is 2.45. The first kappa shape index (κ1) is 22.7. The van der Waals surface area contributed by atoms with Crippen molar-refractivity contribution in [3.8, 4) is 0 Å². The normalized spacial score (nSPS) is 11.7. The molecule has 0 aliphatic carbocycles. The molecule has 0 atom stereocenters. The average molecular weight is 427 g/mol. The molecule has 2 aromatic rings. The molecule has 156 valence electrons. The Balaban J connectivity index is 2.02. The fourth-order valence-corrected chi connectivity index (χ4v) is 2.69. The number of hydrogen-bond donors (Lipinski definition) is 0. The molecule has 0 unspecified atom stereocenters. The molecule has 0 aromatic heterocycles. The standard InChI is InChI=1S/C21H22ClF3N2O2/c1-4-27(3)13-26-19-12-18(22)17(10-14(19)2)20(28)29-9-8-15-6-5-7-16(11-15)21(23,24)25/h5-7,10-13H,4,8-9H2,1-3H3. The molecule has 0 saturated carbocycles. The van der Waals surface area contributed by atoms with Crippen molar-refractivity contribution in [3.63, 3.8) is 0 Å². The summed E-state index contributed by atoms with van der Waals surface area (Å²) in [6.45, 7) is 4.53. The Bertz CT molecular complexity index is 898. The smallest absolute Gasteiger partial charge is 0.416 e. The van der Waals surface area contributed by atoms with E-state index in [0.717, 1.165) is 24.2 Å². The highest BCUT2D eigenvalue weighted by molar-refractivity contribution is 6.33. The van der Waals surface area contributed by atoms with Gasteiger partial charge in [-0.2, -0.15) is 13.2 Å². The third kappa shape index (κ3) is 6.49. The van der Waals surface area contributed by atoms with Crippen LogP contribution in [-0.4, -0.2) is 37.4 Å². The van der Waals surface area contributed by atoms with Gasteiger partial charge < -0.3 is 9.64 Å². The summed E-state index contributed by atoms with van der Waals surface area (Å²) in [6, 6.07) is 8.11. The van der Waals surface area contributed by atoms with Crippen molar-refractivity contribution >= 4 is 29.6 Å². The molecule has 2 aromatic carbocycles. The molecule has 0 amide bonds. The number of alkyl halides is 3. The van der Waals surface area contributed by atoms with E-state index in [1.165, 1.54) is 6.07 Å². The molecule has 0 aliphatic heterocycles. The van der Waals surface area contributed by atoms with E-state index >= 15 is 0 Å². The first-order valence-corrected chi connectivity index (χ1v) is 9.37. The maximum Gasteiger partial charge on any atom is 0.416 e. The highest BCUT2D eigenvalue weighted by Crippen LogP contribution is 2.30. The number of ether oxygens (including phenoxy) is 1. The van der Waals surface area contributed by atoms with Crippen LogP contribution in [0.2, 0.25) is 5.02 Å². The van der Waals surface area contributed by atoms with Crippen LogP contribution >= 0.6 is 11.6 Å². The van der Waals surface area contributed by atoms with Crippen molar-refractivity contribution in [2.24, 2.45) is 4.99 Å². The molecule has 2 rings (SSSR count). The van der Waals surface area contributed by atoms with E-state index in [0.29, 0.717) is 11.3 Å². The van der Waals surface area contributed by atoms with Crippen molar-refractivity contribution in [1.29, 1.82) is 0 Å². The van der Waals surface area contributed by atoms with Gasteiger partial charge >= 0.3 is 12.1 Å². The topological polar surface area (TPSA) is 41.9 Å². The minimum atomic E-state index is -4.41. The number of halogens is 4. The molecular weight excluding hydrogens is 405 g/mol. The van der Waals surface area contributed by atoms with E-state index in [4.69, 9.17) is 16.3 Å². The maximum atomic E-state index is 12.8. The lowest BCUT2D eigenvalue weighted by Crippen LogP contribution is -2.14. The van der Waals surface area contributed by atoms with Crippen LogP contribution < -0.4 is 0 Å². The molecule has 4 nitrogen and oxygen atoms in total.